The van der Waals surface area contributed by atoms with Crippen molar-refractivity contribution in [3.63, 3.8) is 0 Å². The molecule has 0 aromatic carbocycles. The molecule has 3 aromatic heterocycles. The zero-order valence-corrected chi connectivity index (χ0v) is 8.98. The second-order valence-electron chi connectivity index (χ2n) is 3.87. The molecule has 0 aliphatic rings. The lowest BCUT2D eigenvalue weighted by molar-refractivity contribution is 0.892. The molecule has 0 atom stereocenters. The molecule has 16 heavy (non-hydrogen) atoms. The summed E-state index contributed by atoms with van der Waals surface area (Å²) in [6.07, 6.45) is 0. The normalized spacial score (nSPS) is 11.4. The van der Waals surface area contributed by atoms with Crippen LogP contribution in [0.2, 0.25) is 0 Å². The van der Waals surface area contributed by atoms with Gasteiger partial charge in [-0.1, -0.05) is 0 Å². The molecular weight excluding hydrogens is 204 g/mol. The summed E-state index contributed by atoms with van der Waals surface area (Å²) in [5, 5.41) is 3.48. The zero-order valence-electron chi connectivity index (χ0n) is 8.98. The molecule has 0 unspecified atom stereocenters. The van der Waals surface area contributed by atoms with Crippen LogP contribution in [-0.2, 0) is 0 Å². The van der Waals surface area contributed by atoms with Crippen LogP contribution in [0.3, 0.4) is 0 Å². The van der Waals surface area contributed by atoms with E-state index in [1.165, 1.54) is 4.52 Å². The molecule has 1 N–H and O–H groups in total. The van der Waals surface area contributed by atoms with E-state index in [-0.39, 0.29) is 5.56 Å². The summed E-state index contributed by atoms with van der Waals surface area (Å²) < 4.78 is 1.44. The molecule has 5 heteroatoms. The molecule has 0 saturated carbocycles. The lowest BCUT2D eigenvalue weighted by Gasteiger charge is -1.98. The van der Waals surface area contributed by atoms with Crippen LogP contribution in [0.5, 0.6) is 0 Å². The van der Waals surface area contributed by atoms with Crippen molar-refractivity contribution in [3.8, 4) is 0 Å². The Labute approximate surface area is 90.8 Å². The second-order valence-corrected chi connectivity index (χ2v) is 3.87. The van der Waals surface area contributed by atoms with Gasteiger partial charge in [0.1, 0.15) is 0 Å². The first-order valence-electron chi connectivity index (χ1n) is 5.01. The number of fused-ring (bicyclic) bond motifs is 2. The molecule has 5 nitrogen and oxygen atoms in total. The van der Waals surface area contributed by atoms with Gasteiger partial charge in [0.15, 0.2) is 11.3 Å². The van der Waals surface area contributed by atoms with Crippen LogP contribution >= 0.6 is 0 Å². The summed E-state index contributed by atoms with van der Waals surface area (Å²) in [5.41, 5.74) is 2.75. The van der Waals surface area contributed by atoms with Crippen molar-refractivity contribution >= 4 is 16.7 Å². The predicted molar refractivity (Wildman–Crippen MR) is 60.6 cm³/mol. The smallest absolute Gasteiger partial charge is 0.282 e. The number of hydrogen-bond acceptors (Lipinski definition) is 3. The van der Waals surface area contributed by atoms with E-state index in [1.54, 1.807) is 6.07 Å². The number of nitrogens with one attached hydrogen (secondary N) is 1. The summed E-state index contributed by atoms with van der Waals surface area (Å²) in [6, 6.07) is 5.40. The SMILES string of the molecule is Cc1ccc2c(=O)n3[nH]c(C)cc3nc2n1. The Morgan fingerprint density at radius 1 is 1.25 bits per heavy atom. The van der Waals surface area contributed by atoms with Crippen molar-refractivity contribution in [1.82, 2.24) is 19.6 Å². The van der Waals surface area contributed by atoms with E-state index < -0.39 is 0 Å². The fraction of sp³-hybridized carbons (Fsp3) is 0.182. The number of aromatic amines is 1. The Bertz CT molecular complexity index is 754. The summed E-state index contributed by atoms with van der Waals surface area (Å²) in [4.78, 5) is 20.7. The van der Waals surface area contributed by atoms with Crippen LogP contribution in [0, 0.1) is 13.8 Å². The Hall–Kier alpha value is -2.17. The van der Waals surface area contributed by atoms with Crippen LogP contribution in [0.25, 0.3) is 16.7 Å². The Morgan fingerprint density at radius 3 is 2.88 bits per heavy atom. The van der Waals surface area contributed by atoms with Gasteiger partial charge in [-0.3, -0.25) is 9.89 Å². The minimum atomic E-state index is -0.111. The number of aromatic nitrogens is 4. The van der Waals surface area contributed by atoms with Crippen molar-refractivity contribution in [2.45, 2.75) is 13.8 Å². The minimum Gasteiger partial charge on any atom is -0.294 e. The van der Waals surface area contributed by atoms with E-state index in [0.29, 0.717) is 16.7 Å². The Kier molecular flexibility index (Phi) is 1.65. The molecule has 0 amide bonds. The minimum absolute atomic E-state index is 0.111. The first kappa shape index (κ1) is 9.08. The number of nitrogens with zero attached hydrogens (tertiary/aromatic N) is 3. The number of hydrogen-bond donors (Lipinski definition) is 1. The van der Waals surface area contributed by atoms with Gasteiger partial charge in [0.25, 0.3) is 5.56 Å². The van der Waals surface area contributed by atoms with Crippen molar-refractivity contribution < 1.29 is 0 Å². The topological polar surface area (TPSA) is 63.0 Å². The lowest BCUT2D eigenvalue weighted by Crippen LogP contribution is -2.15. The van der Waals surface area contributed by atoms with Crippen molar-refractivity contribution in [1.29, 1.82) is 0 Å². The fourth-order valence-electron chi connectivity index (χ4n) is 1.79. The molecule has 0 fully saturated rings. The van der Waals surface area contributed by atoms with Crippen LogP contribution in [-0.4, -0.2) is 19.6 Å². The fourth-order valence-corrected chi connectivity index (χ4v) is 1.79. The summed E-state index contributed by atoms with van der Waals surface area (Å²) in [6.45, 7) is 3.77. The van der Waals surface area contributed by atoms with Gasteiger partial charge < -0.3 is 0 Å². The molecule has 3 aromatic rings. The third-order valence-corrected chi connectivity index (χ3v) is 2.53. The molecule has 0 saturated heterocycles. The second kappa shape index (κ2) is 2.91. The van der Waals surface area contributed by atoms with Gasteiger partial charge in [-0.2, -0.15) is 0 Å². The van der Waals surface area contributed by atoms with Gasteiger partial charge in [0.2, 0.25) is 0 Å². The van der Waals surface area contributed by atoms with Crippen LogP contribution in [0.15, 0.2) is 23.0 Å². The molecule has 0 bridgehead atoms. The molecular formula is C11H10N4O. The Balaban J connectivity index is 2.60. The van der Waals surface area contributed by atoms with Crippen LogP contribution < -0.4 is 5.56 Å². The highest BCUT2D eigenvalue weighted by Gasteiger charge is 2.07. The summed E-state index contributed by atoms with van der Waals surface area (Å²) >= 11 is 0. The third kappa shape index (κ3) is 1.14. The van der Waals surface area contributed by atoms with E-state index >= 15 is 0 Å². The molecule has 0 spiro atoms. The average molecular weight is 214 g/mol. The van der Waals surface area contributed by atoms with Gasteiger partial charge in [0, 0.05) is 17.5 Å². The molecule has 3 rings (SSSR count). The van der Waals surface area contributed by atoms with Crippen LogP contribution in [0.4, 0.5) is 0 Å². The molecule has 3 heterocycles. The lowest BCUT2D eigenvalue weighted by atomic mass is 10.3. The average Bonchev–Trinajstić information content (AvgIpc) is 2.59. The molecule has 0 aliphatic carbocycles. The highest BCUT2D eigenvalue weighted by Crippen LogP contribution is 2.08. The molecule has 80 valence electrons. The molecule has 0 radical (unpaired) electrons. The summed E-state index contributed by atoms with van der Waals surface area (Å²) in [7, 11) is 0. The zero-order chi connectivity index (χ0) is 11.3. The van der Waals surface area contributed by atoms with Gasteiger partial charge in [-0.25, -0.2) is 14.5 Å². The monoisotopic (exact) mass is 214 g/mol. The number of aryl methyl sites for hydroxylation is 2. The van der Waals surface area contributed by atoms with Crippen molar-refractivity contribution in [2.24, 2.45) is 0 Å². The van der Waals surface area contributed by atoms with Gasteiger partial charge in [-0.15, -0.1) is 0 Å². The maximum atomic E-state index is 12.1. The number of rotatable bonds is 0. The van der Waals surface area contributed by atoms with Gasteiger partial charge in [0.05, 0.1) is 5.39 Å². The van der Waals surface area contributed by atoms with Crippen LogP contribution in [0.1, 0.15) is 11.4 Å². The Morgan fingerprint density at radius 2 is 2.06 bits per heavy atom. The summed E-state index contributed by atoms with van der Waals surface area (Å²) in [5.74, 6) is 0. The number of pyridine rings is 1. The highest BCUT2D eigenvalue weighted by atomic mass is 16.1. The maximum absolute atomic E-state index is 12.1. The third-order valence-electron chi connectivity index (χ3n) is 2.53. The standard InChI is InChI=1S/C11H10N4O/c1-6-3-4-8-10(12-6)13-9-5-7(2)14-15(9)11(8)16/h3-5,14H,1-2H3. The van der Waals surface area contributed by atoms with Gasteiger partial charge in [-0.05, 0) is 26.0 Å². The largest absolute Gasteiger partial charge is 0.294 e. The van der Waals surface area contributed by atoms with Crippen molar-refractivity contribution in [3.05, 3.63) is 39.9 Å². The maximum Gasteiger partial charge on any atom is 0.282 e. The first-order chi connectivity index (χ1) is 7.65. The molecule has 0 aliphatic heterocycles. The predicted octanol–water partition coefficient (Wildman–Crippen LogP) is 1.19. The van der Waals surface area contributed by atoms with E-state index in [1.807, 2.05) is 26.0 Å². The quantitative estimate of drug-likeness (QED) is 0.611. The number of H-pyrrole nitrogens is 1. The van der Waals surface area contributed by atoms with E-state index in [0.717, 1.165) is 11.4 Å². The van der Waals surface area contributed by atoms with E-state index in [9.17, 15) is 4.79 Å². The van der Waals surface area contributed by atoms with E-state index in [4.69, 9.17) is 0 Å². The van der Waals surface area contributed by atoms with Gasteiger partial charge >= 0.3 is 0 Å². The first-order valence-corrected chi connectivity index (χ1v) is 5.01. The van der Waals surface area contributed by atoms with E-state index in [2.05, 4.69) is 15.1 Å². The van der Waals surface area contributed by atoms with Crippen molar-refractivity contribution in [2.75, 3.05) is 0 Å². The highest BCUT2D eigenvalue weighted by molar-refractivity contribution is 5.75.